The number of carbonyl (C=O) groups is 4. The molecule has 0 heterocycles. The molecule has 40 heavy (non-hydrogen) atoms. The zero-order valence-electron chi connectivity index (χ0n) is 23.3. The van der Waals surface area contributed by atoms with Gasteiger partial charge in [-0.2, -0.15) is 0 Å². The Labute approximate surface area is 234 Å². The number of nitrogens with one attached hydrogen (secondary N) is 2. The maximum Gasteiger partial charge on any atom is 0.408 e. The standard InChI is InChI=1S/C30H37N3O7/c1-7-16-33(26(27(36)31-19-25(35)39-6)22-11-9-10-20(8-2)17-22)28(37)24(32-29(38)40-30(3,4)5)18-21-12-14-23(34)15-13-21/h7-15,17,24,26,34H,1-2,16,18-19H2,3-6H3,(H,31,36)(H,32,38). The van der Waals surface area contributed by atoms with E-state index in [4.69, 9.17) is 4.74 Å². The highest BCUT2D eigenvalue weighted by molar-refractivity contribution is 5.93. The third-order valence-electron chi connectivity index (χ3n) is 5.63. The maximum absolute atomic E-state index is 14.1. The first-order valence-corrected chi connectivity index (χ1v) is 12.6. The van der Waals surface area contributed by atoms with Crippen LogP contribution in [0.3, 0.4) is 0 Å². The molecule has 3 N–H and O–H groups in total. The van der Waals surface area contributed by atoms with Gasteiger partial charge in [-0.15, -0.1) is 6.58 Å². The highest BCUT2D eigenvalue weighted by atomic mass is 16.6. The number of alkyl carbamates (subject to hydrolysis) is 1. The average Bonchev–Trinajstić information content (AvgIpc) is 2.90. The SMILES string of the molecule is C=CCN(C(=O)C(Cc1ccc(O)cc1)NC(=O)OC(C)(C)C)C(C(=O)NCC(=O)OC)c1cccc(C=C)c1. The number of phenols is 1. The van der Waals surface area contributed by atoms with Crippen molar-refractivity contribution >= 4 is 30.0 Å². The number of amides is 3. The number of hydrogen-bond donors (Lipinski definition) is 3. The van der Waals surface area contributed by atoms with Crippen molar-refractivity contribution in [3.63, 3.8) is 0 Å². The van der Waals surface area contributed by atoms with Crippen LogP contribution in [0.4, 0.5) is 4.79 Å². The number of benzene rings is 2. The Hall–Kier alpha value is -4.60. The van der Waals surface area contributed by atoms with E-state index in [0.717, 1.165) is 0 Å². The average molecular weight is 552 g/mol. The van der Waals surface area contributed by atoms with Gasteiger partial charge in [0.25, 0.3) is 0 Å². The van der Waals surface area contributed by atoms with Crippen molar-refractivity contribution in [3.8, 4) is 5.75 Å². The molecule has 0 aliphatic carbocycles. The largest absolute Gasteiger partial charge is 0.508 e. The molecule has 0 saturated carbocycles. The number of rotatable bonds is 12. The van der Waals surface area contributed by atoms with E-state index in [2.05, 4.69) is 28.5 Å². The lowest BCUT2D eigenvalue weighted by molar-refractivity contribution is -0.144. The summed E-state index contributed by atoms with van der Waals surface area (Å²) in [6.45, 7) is 12.1. The Bertz CT molecular complexity index is 1220. The van der Waals surface area contributed by atoms with Crippen molar-refractivity contribution in [3.05, 3.63) is 84.5 Å². The minimum absolute atomic E-state index is 0.0369. The van der Waals surface area contributed by atoms with Gasteiger partial charge in [-0.05, 0) is 55.7 Å². The molecular formula is C30H37N3O7. The van der Waals surface area contributed by atoms with Crippen LogP contribution >= 0.6 is 0 Å². The number of phenolic OH excluding ortho intramolecular Hbond substituents is 1. The van der Waals surface area contributed by atoms with Gasteiger partial charge in [0, 0.05) is 13.0 Å². The van der Waals surface area contributed by atoms with Crippen molar-refractivity contribution < 1.29 is 33.8 Å². The number of methoxy groups -OCH3 is 1. The van der Waals surface area contributed by atoms with Crippen LogP contribution in [0.15, 0.2) is 67.8 Å². The van der Waals surface area contributed by atoms with Crippen molar-refractivity contribution in [2.24, 2.45) is 0 Å². The molecule has 2 rings (SSSR count). The van der Waals surface area contributed by atoms with E-state index >= 15 is 0 Å². The monoisotopic (exact) mass is 551 g/mol. The molecule has 0 saturated heterocycles. The molecule has 0 aliphatic heterocycles. The second-order valence-electron chi connectivity index (χ2n) is 9.92. The Morgan fingerprint density at radius 1 is 1.07 bits per heavy atom. The van der Waals surface area contributed by atoms with E-state index in [1.807, 2.05) is 0 Å². The van der Waals surface area contributed by atoms with E-state index in [1.54, 1.807) is 63.2 Å². The Morgan fingerprint density at radius 2 is 1.75 bits per heavy atom. The normalized spacial score (nSPS) is 12.3. The fourth-order valence-electron chi connectivity index (χ4n) is 3.84. The smallest absolute Gasteiger partial charge is 0.408 e. The summed E-state index contributed by atoms with van der Waals surface area (Å²) in [6, 6.07) is 10.7. The Kier molecular flexibility index (Phi) is 11.5. The summed E-state index contributed by atoms with van der Waals surface area (Å²) in [6.07, 6.45) is 2.28. The molecule has 2 unspecified atom stereocenters. The zero-order chi connectivity index (χ0) is 29.9. The first kappa shape index (κ1) is 31.6. The van der Waals surface area contributed by atoms with E-state index in [0.29, 0.717) is 16.7 Å². The number of esters is 1. The second-order valence-corrected chi connectivity index (χ2v) is 9.92. The second kappa shape index (κ2) is 14.5. The molecule has 0 radical (unpaired) electrons. The molecule has 2 aromatic rings. The molecule has 3 amide bonds. The summed E-state index contributed by atoms with van der Waals surface area (Å²) in [5.74, 6) is -1.85. The van der Waals surface area contributed by atoms with Crippen molar-refractivity contribution in [2.45, 2.75) is 44.9 Å². The highest BCUT2D eigenvalue weighted by Crippen LogP contribution is 2.25. The number of carbonyl (C=O) groups excluding carboxylic acids is 4. The fourth-order valence-corrected chi connectivity index (χ4v) is 3.84. The third kappa shape index (κ3) is 9.61. The van der Waals surface area contributed by atoms with Crippen LogP contribution in [0.2, 0.25) is 0 Å². The summed E-state index contributed by atoms with van der Waals surface area (Å²) in [4.78, 5) is 53.4. The molecule has 214 valence electrons. The summed E-state index contributed by atoms with van der Waals surface area (Å²) < 4.78 is 10.0. The molecule has 2 aromatic carbocycles. The van der Waals surface area contributed by atoms with Gasteiger partial charge >= 0.3 is 12.1 Å². The predicted molar refractivity (Wildman–Crippen MR) is 151 cm³/mol. The number of nitrogens with zero attached hydrogens (tertiary/aromatic N) is 1. The van der Waals surface area contributed by atoms with Crippen LogP contribution in [0.1, 0.15) is 43.5 Å². The van der Waals surface area contributed by atoms with Crippen LogP contribution < -0.4 is 10.6 Å². The van der Waals surface area contributed by atoms with Crippen molar-refractivity contribution in [2.75, 3.05) is 20.2 Å². The molecule has 2 atom stereocenters. The molecule has 0 spiro atoms. The molecular weight excluding hydrogens is 514 g/mol. The van der Waals surface area contributed by atoms with Crippen LogP contribution in [-0.4, -0.2) is 65.7 Å². The van der Waals surface area contributed by atoms with Crippen LogP contribution in [0.25, 0.3) is 6.08 Å². The van der Waals surface area contributed by atoms with E-state index in [1.165, 1.54) is 30.2 Å². The highest BCUT2D eigenvalue weighted by Gasteiger charge is 2.36. The Morgan fingerprint density at radius 3 is 2.33 bits per heavy atom. The van der Waals surface area contributed by atoms with E-state index in [9.17, 15) is 24.3 Å². The third-order valence-corrected chi connectivity index (χ3v) is 5.63. The minimum Gasteiger partial charge on any atom is -0.508 e. The van der Waals surface area contributed by atoms with Gasteiger partial charge in [-0.3, -0.25) is 14.4 Å². The number of hydrogen-bond acceptors (Lipinski definition) is 7. The van der Waals surface area contributed by atoms with Crippen molar-refractivity contribution in [1.29, 1.82) is 0 Å². The molecule has 10 heteroatoms. The lowest BCUT2D eigenvalue weighted by Crippen LogP contribution is -2.54. The summed E-state index contributed by atoms with van der Waals surface area (Å²) in [7, 11) is 1.20. The lowest BCUT2D eigenvalue weighted by Gasteiger charge is -2.34. The zero-order valence-corrected chi connectivity index (χ0v) is 23.3. The fraction of sp³-hybridized carbons (Fsp3) is 0.333. The summed E-state index contributed by atoms with van der Waals surface area (Å²) >= 11 is 0. The maximum atomic E-state index is 14.1. The molecule has 10 nitrogen and oxygen atoms in total. The Balaban J connectivity index is 2.55. The van der Waals surface area contributed by atoms with Gasteiger partial charge in [0.15, 0.2) is 0 Å². The van der Waals surface area contributed by atoms with Crippen LogP contribution in [0.5, 0.6) is 5.75 Å². The van der Waals surface area contributed by atoms with E-state index in [-0.39, 0.29) is 18.7 Å². The first-order valence-electron chi connectivity index (χ1n) is 12.6. The van der Waals surface area contributed by atoms with Gasteiger partial charge in [-0.25, -0.2) is 4.79 Å². The van der Waals surface area contributed by atoms with Crippen molar-refractivity contribution in [1.82, 2.24) is 15.5 Å². The quantitative estimate of drug-likeness (QED) is 0.271. The van der Waals surface area contributed by atoms with Gasteiger partial charge in [0.2, 0.25) is 11.8 Å². The summed E-state index contributed by atoms with van der Waals surface area (Å²) in [5.41, 5.74) is 0.988. The number of aromatic hydroxyl groups is 1. The lowest BCUT2D eigenvalue weighted by atomic mass is 9.98. The first-order chi connectivity index (χ1) is 18.9. The van der Waals surface area contributed by atoms with Crippen LogP contribution in [-0.2, 0) is 30.3 Å². The van der Waals surface area contributed by atoms with Crippen LogP contribution in [0, 0.1) is 0 Å². The molecule has 0 aliphatic rings. The summed E-state index contributed by atoms with van der Waals surface area (Å²) in [5, 5.41) is 14.8. The van der Waals surface area contributed by atoms with Gasteiger partial charge in [-0.1, -0.05) is 49.1 Å². The van der Waals surface area contributed by atoms with E-state index < -0.39 is 48.1 Å². The van der Waals surface area contributed by atoms with Gasteiger partial charge < -0.3 is 30.1 Å². The predicted octanol–water partition coefficient (Wildman–Crippen LogP) is 3.52. The molecule has 0 fully saturated rings. The van der Waals surface area contributed by atoms with Gasteiger partial charge in [0.05, 0.1) is 7.11 Å². The molecule has 0 aromatic heterocycles. The minimum atomic E-state index is -1.20. The topological polar surface area (TPSA) is 134 Å². The number of ether oxygens (including phenoxy) is 2. The van der Waals surface area contributed by atoms with Gasteiger partial charge in [0.1, 0.15) is 30.0 Å². The molecule has 0 bridgehead atoms.